The molecule has 0 fully saturated rings. The predicted octanol–water partition coefficient (Wildman–Crippen LogP) is 10.9. The average molecular weight is 584 g/mol. The molecular weight excluding hydrogens is 555 g/mol. The maximum Gasteiger partial charge on any atom is 0.135 e. The summed E-state index contributed by atoms with van der Waals surface area (Å²) in [5.74, 6) is 0. The van der Waals surface area contributed by atoms with E-state index in [0.717, 1.165) is 77.3 Å². The smallest absolute Gasteiger partial charge is 0.135 e. The highest BCUT2D eigenvalue weighted by Gasteiger charge is 2.21. The summed E-state index contributed by atoms with van der Waals surface area (Å²) in [6, 6.07) is 44.6. The van der Waals surface area contributed by atoms with E-state index in [1.807, 2.05) is 42.5 Å². The van der Waals surface area contributed by atoms with Gasteiger partial charge in [-0.1, -0.05) is 97.6 Å². The van der Waals surface area contributed by atoms with E-state index in [9.17, 15) is 5.26 Å². The number of benzene rings is 6. The molecule has 0 aliphatic rings. The van der Waals surface area contributed by atoms with E-state index in [1.54, 1.807) is 0 Å². The van der Waals surface area contributed by atoms with Crippen LogP contribution < -0.4 is 5.19 Å². The molecule has 0 bridgehead atoms. The Morgan fingerprint density at radius 1 is 0.477 bits per heavy atom. The molecule has 0 unspecified atom stereocenters. The number of nitriles is 1. The first-order valence-electron chi connectivity index (χ1n) is 14.9. The van der Waals surface area contributed by atoms with Crippen LogP contribution in [0.5, 0.6) is 0 Å². The Kier molecular flexibility index (Phi) is 5.87. The monoisotopic (exact) mass is 583 g/mol. The van der Waals surface area contributed by atoms with Crippen molar-refractivity contribution in [3.8, 4) is 39.4 Å². The van der Waals surface area contributed by atoms with Crippen LogP contribution in [0.4, 0.5) is 0 Å². The number of hydrogen-bond acceptors (Lipinski definition) is 3. The van der Waals surface area contributed by atoms with Crippen LogP contribution in [0.25, 0.3) is 77.3 Å². The van der Waals surface area contributed by atoms with Crippen molar-refractivity contribution in [3.63, 3.8) is 0 Å². The van der Waals surface area contributed by atoms with Crippen molar-refractivity contribution in [1.29, 1.82) is 5.26 Å². The molecule has 0 aliphatic carbocycles. The fourth-order valence-electron chi connectivity index (χ4n) is 6.34. The molecule has 3 nitrogen and oxygen atoms in total. The van der Waals surface area contributed by atoms with Gasteiger partial charge in [0.05, 0.1) is 13.6 Å². The van der Waals surface area contributed by atoms with Crippen molar-refractivity contribution in [1.82, 2.24) is 0 Å². The second-order valence-corrected chi connectivity index (χ2v) is 17.6. The van der Waals surface area contributed by atoms with Gasteiger partial charge in [0.2, 0.25) is 0 Å². The Balaban J connectivity index is 1.41. The highest BCUT2D eigenvalue weighted by Crippen LogP contribution is 2.40. The lowest BCUT2D eigenvalue weighted by molar-refractivity contribution is 0.668. The minimum atomic E-state index is -1.58. The third-order valence-electron chi connectivity index (χ3n) is 8.69. The highest BCUT2D eigenvalue weighted by molar-refractivity contribution is 6.88. The van der Waals surface area contributed by atoms with Crippen LogP contribution in [0.1, 0.15) is 5.56 Å². The number of para-hydroxylation sites is 2. The third kappa shape index (κ3) is 4.25. The maximum absolute atomic E-state index is 10.7. The van der Waals surface area contributed by atoms with Gasteiger partial charge in [0, 0.05) is 32.7 Å². The largest absolute Gasteiger partial charge is 0.456 e. The molecule has 0 saturated heterocycles. The van der Waals surface area contributed by atoms with Crippen LogP contribution in [0.15, 0.2) is 130 Å². The first-order chi connectivity index (χ1) is 21.4. The fraction of sp³-hybridized carbons (Fsp3) is 0.0750. The molecule has 210 valence electrons. The summed E-state index contributed by atoms with van der Waals surface area (Å²) < 4.78 is 12.3. The van der Waals surface area contributed by atoms with E-state index in [-0.39, 0.29) is 0 Å². The number of fused-ring (bicyclic) bond motifs is 6. The Bertz CT molecular complexity index is 2450. The van der Waals surface area contributed by atoms with Crippen molar-refractivity contribution >= 4 is 57.1 Å². The average Bonchev–Trinajstić information content (AvgIpc) is 3.61. The van der Waals surface area contributed by atoms with Crippen LogP contribution in [0.3, 0.4) is 0 Å². The molecule has 4 heteroatoms. The van der Waals surface area contributed by atoms with E-state index in [4.69, 9.17) is 8.83 Å². The van der Waals surface area contributed by atoms with E-state index >= 15 is 0 Å². The van der Waals surface area contributed by atoms with E-state index in [0.29, 0.717) is 5.56 Å². The van der Waals surface area contributed by atoms with Gasteiger partial charge in [0.1, 0.15) is 28.4 Å². The molecule has 8 rings (SSSR count). The van der Waals surface area contributed by atoms with E-state index in [1.165, 1.54) is 5.19 Å². The molecule has 8 aromatic rings. The second-order valence-electron chi connectivity index (χ2n) is 12.5. The molecular formula is C40H29NO2Si. The zero-order valence-electron chi connectivity index (χ0n) is 24.8. The summed E-state index contributed by atoms with van der Waals surface area (Å²) in [6.07, 6.45) is 0. The van der Waals surface area contributed by atoms with Crippen LogP contribution >= 0.6 is 0 Å². The second kappa shape index (κ2) is 9.84. The number of rotatable bonds is 4. The van der Waals surface area contributed by atoms with Gasteiger partial charge >= 0.3 is 0 Å². The van der Waals surface area contributed by atoms with Gasteiger partial charge in [-0.3, -0.25) is 0 Å². The van der Waals surface area contributed by atoms with Crippen molar-refractivity contribution in [2.24, 2.45) is 0 Å². The lowest BCUT2D eigenvalue weighted by Gasteiger charge is -2.19. The molecule has 0 spiro atoms. The maximum atomic E-state index is 10.7. The van der Waals surface area contributed by atoms with E-state index < -0.39 is 8.07 Å². The molecule has 0 N–H and O–H groups in total. The number of hydrogen-bond donors (Lipinski definition) is 0. The minimum absolute atomic E-state index is 0.670. The predicted molar refractivity (Wildman–Crippen MR) is 185 cm³/mol. The lowest BCUT2D eigenvalue weighted by atomic mass is 9.88. The Labute approximate surface area is 256 Å². The molecule has 0 saturated carbocycles. The highest BCUT2D eigenvalue weighted by atomic mass is 28.3. The first-order valence-corrected chi connectivity index (χ1v) is 18.4. The van der Waals surface area contributed by atoms with Gasteiger partial charge in [-0.25, -0.2) is 0 Å². The zero-order chi connectivity index (χ0) is 30.0. The Morgan fingerprint density at radius 2 is 1.00 bits per heavy atom. The molecule has 44 heavy (non-hydrogen) atoms. The topological polar surface area (TPSA) is 50.1 Å². The normalized spacial score (nSPS) is 12.0. The SMILES string of the molecule is C[Si](C)(C)c1cccc(-c2cc(-c3ccc4oc5ccccc5c4c3)cc(-c3ccc4oc5ccccc5c4c3)c2C#N)c1. The summed E-state index contributed by atoms with van der Waals surface area (Å²) in [6.45, 7) is 7.07. The first kappa shape index (κ1) is 26.3. The summed E-state index contributed by atoms with van der Waals surface area (Å²) in [7, 11) is -1.58. The molecule has 6 aromatic carbocycles. The number of nitrogens with zero attached hydrogens (tertiary/aromatic N) is 1. The summed E-state index contributed by atoms with van der Waals surface area (Å²) in [5.41, 5.74) is 10.1. The van der Waals surface area contributed by atoms with Crippen LogP contribution in [0.2, 0.25) is 19.6 Å². The van der Waals surface area contributed by atoms with E-state index in [2.05, 4.69) is 105 Å². The van der Waals surface area contributed by atoms with Crippen molar-refractivity contribution < 1.29 is 8.83 Å². The lowest BCUT2D eigenvalue weighted by Crippen LogP contribution is -2.37. The van der Waals surface area contributed by atoms with Crippen molar-refractivity contribution in [2.45, 2.75) is 19.6 Å². The molecule has 0 amide bonds. The van der Waals surface area contributed by atoms with Crippen LogP contribution in [0, 0.1) is 11.3 Å². The molecule has 0 radical (unpaired) electrons. The van der Waals surface area contributed by atoms with Gasteiger partial charge in [0.15, 0.2) is 0 Å². The van der Waals surface area contributed by atoms with Gasteiger partial charge in [-0.2, -0.15) is 5.26 Å². The zero-order valence-corrected chi connectivity index (χ0v) is 25.8. The van der Waals surface area contributed by atoms with Crippen molar-refractivity contribution in [2.75, 3.05) is 0 Å². The minimum Gasteiger partial charge on any atom is -0.456 e. The van der Waals surface area contributed by atoms with Gasteiger partial charge in [-0.15, -0.1) is 0 Å². The summed E-state index contributed by atoms with van der Waals surface area (Å²) in [5, 5.41) is 16.4. The van der Waals surface area contributed by atoms with Crippen LogP contribution in [-0.4, -0.2) is 8.07 Å². The quantitative estimate of drug-likeness (QED) is 0.194. The third-order valence-corrected chi connectivity index (χ3v) is 10.7. The van der Waals surface area contributed by atoms with Crippen LogP contribution in [-0.2, 0) is 0 Å². The van der Waals surface area contributed by atoms with Gasteiger partial charge in [-0.05, 0) is 70.8 Å². The molecule has 2 aromatic heterocycles. The fourth-order valence-corrected chi connectivity index (χ4v) is 7.52. The summed E-state index contributed by atoms with van der Waals surface area (Å²) >= 11 is 0. The standard InChI is InChI=1S/C40H29NO2Si/c1-44(2,3)29-10-8-9-26(19-29)32-22-28(25-15-17-39-34(20-25)30-11-4-6-13-37(30)42-39)23-33(36(32)24-41)27-16-18-40-35(21-27)31-12-5-7-14-38(31)43-40/h4-23H,1-3H3. The molecule has 0 aliphatic heterocycles. The summed E-state index contributed by atoms with van der Waals surface area (Å²) in [4.78, 5) is 0. The molecule has 2 heterocycles. The number of furan rings is 2. The van der Waals surface area contributed by atoms with Crippen molar-refractivity contribution in [3.05, 3.63) is 127 Å². The Hall–Kier alpha value is -5.37. The van der Waals surface area contributed by atoms with Gasteiger partial charge in [0.25, 0.3) is 0 Å². The van der Waals surface area contributed by atoms with Gasteiger partial charge < -0.3 is 8.83 Å². The Morgan fingerprint density at radius 3 is 1.59 bits per heavy atom. The molecule has 0 atom stereocenters.